The topological polar surface area (TPSA) is 46.5 Å². The summed E-state index contributed by atoms with van der Waals surface area (Å²) in [4.78, 5) is 12.4. The molecule has 3 nitrogen and oxygen atoms in total. The Bertz CT molecular complexity index is 810. The summed E-state index contributed by atoms with van der Waals surface area (Å²) in [6, 6.07) is 23.6. The molecule has 0 atom stereocenters. The third-order valence-electron chi connectivity index (χ3n) is 3.55. The van der Waals surface area contributed by atoms with Crippen LogP contribution in [-0.2, 0) is 11.3 Å². The minimum Gasteiger partial charge on any atom is -0.507 e. The molecule has 0 unspecified atom stereocenters. The third kappa shape index (κ3) is 3.40. The Labute approximate surface area is 134 Å². The maximum atomic E-state index is 12.4. The Morgan fingerprint density at radius 2 is 1.39 bits per heavy atom. The van der Waals surface area contributed by atoms with Crippen molar-refractivity contribution in [3.63, 3.8) is 0 Å². The second kappa shape index (κ2) is 6.79. The zero-order valence-electron chi connectivity index (χ0n) is 12.5. The van der Waals surface area contributed by atoms with E-state index in [4.69, 9.17) is 4.74 Å². The largest absolute Gasteiger partial charge is 0.507 e. The zero-order chi connectivity index (χ0) is 16.1. The summed E-state index contributed by atoms with van der Waals surface area (Å²) in [5.74, 6) is -0.275. The Morgan fingerprint density at radius 1 is 0.783 bits per heavy atom. The van der Waals surface area contributed by atoms with Crippen LogP contribution in [0.25, 0.3) is 11.1 Å². The normalized spacial score (nSPS) is 10.3. The highest BCUT2D eigenvalue weighted by Crippen LogP contribution is 2.31. The van der Waals surface area contributed by atoms with Gasteiger partial charge in [-0.15, -0.1) is 0 Å². The van der Waals surface area contributed by atoms with Crippen molar-refractivity contribution in [1.29, 1.82) is 0 Å². The summed E-state index contributed by atoms with van der Waals surface area (Å²) < 4.78 is 5.40. The zero-order valence-corrected chi connectivity index (χ0v) is 12.5. The van der Waals surface area contributed by atoms with Crippen molar-refractivity contribution in [1.82, 2.24) is 0 Å². The Hall–Kier alpha value is -3.07. The van der Waals surface area contributed by atoms with Crippen LogP contribution in [0.1, 0.15) is 15.9 Å². The van der Waals surface area contributed by atoms with Gasteiger partial charge in [0.1, 0.15) is 12.4 Å². The van der Waals surface area contributed by atoms with Gasteiger partial charge in [0, 0.05) is 5.56 Å². The first-order valence-electron chi connectivity index (χ1n) is 7.34. The van der Waals surface area contributed by atoms with Gasteiger partial charge in [0.2, 0.25) is 0 Å². The standard InChI is InChI=1S/C20H16O3/c21-19-13-7-6-11-17(19)16-10-4-5-12-18(16)20(22)23-14-15-8-2-1-3-9-15/h1-13,21H,14H2. The van der Waals surface area contributed by atoms with Crippen LogP contribution in [0.2, 0.25) is 0 Å². The molecule has 0 radical (unpaired) electrons. The summed E-state index contributed by atoms with van der Waals surface area (Å²) in [5, 5.41) is 10.0. The number of rotatable bonds is 4. The molecule has 0 heterocycles. The van der Waals surface area contributed by atoms with Crippen LogP contribution in [0, 0.1) is 0 Å². The van der Waals surface area contributed by atoms with Crippen LogP contribution in [0.4, 0.5) is 0 Å². The summed E-state index contributed by atoms with van der Waals surface area (Å²) in [5.41, 5.74) is 2.63. The van der Waals surface area contributed by atoms with Crippen molar-refractivity contribution in [2.75, 3.05) is 0 Å². The second-order valence-electron chi connectivity index (χ2n) is 5.12. The highest BCUT2D eigenvalue weighted by atomic mass is 16.5. The molecule has 0 amide bonds. The summed E-state index contributed by atoms with van der Waals surface area (Å²) in [7, 11) is 0. The summed E-state index contributed by atoms with van der Waals surface area (Å²) in [6.07, 6.45) is 0. The number of carbonyl (C=O) groups excluding carboxylic acids is 1. The number of ether oxygens (including phenoxy) is 1. The molecule has 0 aliphatic carbocycles. The highest BCUT2D eigenvalue weighted by Gasteiger charge is 2.15. The average Bonchev–Trinajstić information content (AvgIpc) is 2.61. The average molecular weight is 304 g/mol. The number of hydrogen-bond acceptors (Lipinski definition) is 3. The van der Waals surface area contributed by atoms with Crippen molar-refractivity contribution < 1.29 is 14.6 Å². The molecule has 3 heteroatoms. The lowest BCUT2D eigenvalue weighted by Crippen LogP contribution is -2.07. The number of benzene rings is 3. The van der Waals surface area contributed by atoms with Crippen molar-refractivity contribution in [2.45, 2.75) is 6.61 Å². The molecule has 23 heavy (non-hydrogen) atoms. The quantitative estimate of drug-likeness (QED) is 0.726. The molecule has 3 rings (SSSR count). The van der Waals surface area contributed by atoms with Gasteiger partial charge >= 0.3 is 5.97 Å². The smallest absolute Gasteiger partial charge is 0.339 e. The predicted molar refractivity (Wildman–Crippen MR) is 89.1 cm³/mol. The van der Waals surface area contributed by atoms with Crippen LogP contribution >= 0.6 is 0 Å². The number of hydrogen-bond donors (Lipinski definition) is 1. The van der Waals surface area contributed by atoms with E-state index < -0.39 is 5.97 Å². The molecule has 0 bridgehead atoms. The highest BCUT2D eigenvalue weighted by molar-refractivity contribution is 5.98. The molecule has 1 N–H and O–H groups in total. The van der Waals surface area contributed by atoms with E-state index in [0.717, 1.165) is 5.56 Å². The lowest BCUT2D eigenvalue weighted by Gasteiger charge is -2.11. The molecule has 114 valence electrons. The number of phenols is 1. The van der Waals surface area contributed by atoms with Gasteiger partial charge in [-0.2, -0.15) is 0 Å². The van der Waals surface area contributed by atoms with E-state index in [1.807, 2.05) is 42.5 Å². The summed E-state index contributed by atoms with van der Waals surface area (Å²) >= 11 is 0. The number of carbonyl (C=O) groups is 1. The van der Waals surface area contributed by atoms with E-state index in [1.165, 1.54) is 0 Å². The van der Waals surface area contributed by atoms with Gasteiger partial charge < -0.3 is 9.84 Å². The number of aromatic hydroxyl groups is 1. The minimum absolute atomic E-state index is 0.135. The van der Waals surface area contributed by atoms with Gasteiger partial charge in [-0.05, 0) is 23.3 Å². The Kier molecular flexibility index (Phi) is 4.39. The van der Waals surface area contributed by atoms with E-state index in [0.29, 0.717) is 16.7 Å². The van der Waals surface area contributed by atoms with Crippen molar-refractivity contribution >= 4 is 5.97 Å². The van der Waals surface area contributed by atoms with E-state index in [2.05, 4.69) is 0 Å². The fourth-order valence-electron chi connectivity index (χ4n) is 2.40. The molecular formula is C20H16O3. The fourth-order valence-corrected chi connectivity index (χ4v) is 2.40. The monoisotopic (exact) mass is 304 g/mol. The van der Waals surface area contributed by atoms with Gasteiger partial charge in [-0.25, -0.2) is 4.79 Å². The van der Waals surface area contributed by atoms with E-state index >= 15 is 0 Å². The molecular weight excluding hydrogens is 288 g/mol. The summed E-state index contributed by atoms with van der Waals surface area (Å²) in [6.45, 7) is 0.217. The third-order valence-corrected chi connectivity index (χ3v) is 3.55. The van der Waals surface area contributed by atoms with Crippen LogP contribution in [0.15, 0.2) is 78.9 Å². The predicted octanol–water partition coefficient (Wildman–Crippen LogP) is 4.42. The van der Waals surface area contributed by atoms with Gasteiger partial charge in [0.25, 0.3) is 0 Å². The van der Waals surface area contributed by atoms with Crippen molar-refractivity contribution in [3.05, 3.63) is 90.0 Å². The van der Waals surface area contributed by atoms with Crippen LogP contribution < -0.4 is 0 Å². The molecule has 0 fully saturated rings. The molecule has 0 saturated carbocycles. The minimum atomic E-state index is -0.410. The van der Waals surface area contributed by atoms with Gasteiger partial charge in [-0.3, -0.25) is 0 Å². The van der Waals surface area contributed by atoms with E-state index in [9.17, 15) is 9.90 Å². The molecule has 0 spiro atoms. The second-order valence-corrected chi connectivity index (χ2v) is 5.12. The van der Waals surface area contributed by atoms with E-state index in [-0.39, 0.29) is 12.4 Å². The van der Waals surface area contributed by atoms with E-state index in [1.54, 1.807) is 36.4 Å². The van der Waals surface area contributed by atoms with Crippen molar-refractivity contribution in [2.24, 2.45) is 0 Å². The van der Waals surface area contributed by atoms with Crippen LogP contribution in [0.3, 0.4) is 0 Å². The van der Waals surface area contributed by atoms with Crippen LogP contribution in [-0.4, -0.2) is 11.1 Å². The Morgan fingerprint density at radius 3 is 2.13 bits per heavy atom. The molecule has 0 aliphatic rings. The first kappa shape index (κ1) is 14.9. The lowest BCUT2D eigenvalue weighted by molar-refractivity contribution is 0.0473. The first-order chi connectivity index (χ1) is 11.3. The molecule has 3 aromatic carbocycles. The van der Waals surface area contributed by atoms with Crippen molar-refractivity contribution in [3.8, 4) is 16.9 Å². The van der Waals surface area contributed by atoms with Crippen LogP contribution in [0.5, 0.6) is 5.75 Å². The lowest BCUT2D eigenvalue weighted by atomic mass is 9.99. The fraction of sp³-hybridized carbons (Fsp3) is 0.0500. The Balaban J connectivity index is 1.86. The molecule has 0 saturated heterocycles. The number of phenolic OH excluding ortho intramolecular Hbond substituents is 1. The maximum Gasteiger partial charge on any atom is 0.339 e. The van der Waals surface area contributed by atoms with Gasteiger partial charge in [0.05, 0.1) is 5.56 Å². The number of esters is 1. The van der Waals surface area contributed by atoms with Gasteiger partial charge in [0.15, 0.2) is 0 Å². The number of para-hydroxylation sites is 1. The first-order valence-corrected chi connectivity index (χ1v) is 7.34. The molecule has 3 aromatic rings. The van der Waals surface area contributed by atoms with Gasteiger partial charge in [-0.1, -0.05) is 66.7 Å². The maximum absolute atomic E-state index is 12.4. The SMILES string of the molecule is O=C(OCc1ccccc1)c1ccccc1-c1ccccc1O. The molecule has 0 aromatic heterocycles. The molecule has 0 aliphatic heterocycles.